The summed E-state index contributed by atoms with van der Waals surface area (Å²) in [5, 5.41) is 0. The van der Waals surface area contributed by atoms with Gasteiger partial charge in [-0.1, -0.05) is 6.92 Å². The highest BCUT2D eigenvalue weighted by molar-refractivity contribution is 5.41. The molecule has 1 aromatic rings. The summed E-state index contributed by atoms with van der Waals surface area (Å²) in [5.41, 5.74) is 4.86. The van der Waals surface area contributed by atoms with Crippen LogP contribution in [0.25, 0.3) is 0 Å². The Kier molecular flexibility index (Phi) is 2.70. The molecule has 1 heteroatoms. The second kappa shape index (κ2) is 4.20. The van der Waals surface area contributed by atoms with Crippen molar-refractivity contribution in [2.75, 3.05) is 0 Å². The van der Waals surface area contributed by atoms with Gasteiger partial charge in [0, 0.05) is 0 Å². The van der Waals surface area contributed by atoms with E-state index in [1.165, 1.54) is 62.9 Å². The fourth-order valence-electron chi connectivity index (χ4n) is 3.35. The molecule has 0 aliphatic heterocycles. The molecule has 1 nitrogen and oxygen atoms in total. The first kappa shape index (κ1) is 10.3. The highest BCUT2D eigenvalue weighted by Gasteiger charge is 2.31. The molecule has 0 N–H and O–H groups in total. The minimum absolute atomic E-state index is 1.07. The Hall–Kier alpha value is -0.850. The van der Waals surface area contributed by atoms with E-state index in [0.717, 1.165) is 6.42 Å². The van der Waals surface area contributed by atoms with E-state index in [0.29, 0.717) is 0 Å². The molecule has 0 saturated carbocycles. The first-order chi connectivity index (χ1) is 7.90. The molecule has 0 saturated heterocycles. The van der Waals surface area contributed by atoms with E-state index in [9.17, 15) is 0 Å². The van der Waals surface area contributed by atoms with Crippen molar-refractivity contribution in [1.82, 2.24) is 0 Å². The van der Waals surface area contributed by atoms with Crippen molar-refractivity contribution in [1.29, 1.82) is 0 Å². The Bertz CT molecular complexity index is 384. The highest BCUT2D eigenvalue weighted by atomic mass is 16.3. The largest absolute Gasteiger partial charge is 0.332 e. The molecule has 2 aliphatic carbocycles. The zero-order valence-electron chi connectivity index (χ0n) is 10.3. The molecular weight excluding hydrogens is 196 g/mol. The fraction of sp³-hybridized carbons (Fsp3) is 0.667. The molecule has 0 spiro atoms. The van der Waals surface area contributed by atoms with Gasteiger partial charge in [0.15, 0.2) is 0 Å². The average molecular weight is 217 g/mol. The maximum absolute atomic E-state index is 6.15. The van der Waals surface area contributed by atoms with Gasteiger partial charge in [-0.2, -0.15) is 0 Å². The zero-order valence-corrected chi connectivity index (χ0v) is 10.3. The molecule has 2 aliphatic rings. The molecule has 86 valence electrons. The smallest absolute Gasteiger partial charge is 0.217 e. The van der Waals surface area contributed by atoms with E-state index in [1.54, 1.807) is 16.7 Å². The molecule has 0 unspecified atom stereocenters. The number of fused-ring (bicyclic) bond motifs is 3. The fourth-order valence-corrected chi connectivity index (χ4v) is 3.35. The van der Waals surface area contributed by atoms with Crippen LogP contribution in [0.2, 0.25) is 0 Å². The van der Waals surface area contributed by atoms with Crippen LogP contribution >= 0.6 is 0 Å². The Labute approximate surface area is 97.9 Å². The van der Waals surface area contributed by atoms with Crippen LogP contribution in [0.5, 0.6) is 0 Å². The third kappa shape index (κ3) is 1.57. The molecule has 1 aromatic heterocycles. The Morgan fingerprint density at radius 3 is 2.19 bits per heavy atom. The summed E-state index contributed by atoms with van der Waals surface area (Å²) < 4.78 is 6.15. The molecule has 0 aromatic carbocycles. The van der Waals surface area contributed by atoms with Crippen molar-refractivity contribution < 1.29 is 4.42 Å². The van der Waals surface area contributed by atoms with E-state index < -0.39 is 0 Å². The Balaban J connectivity index is 2.17. The van der Waals surface area contributed by atoms with E-state index in [1.807, 2.05) is 0 Å². The van der Waals surface area contributed by atoms with Crippen LogP contribution < -0.4 is 0 Å². The average Bonchev–Trinajstić information content (AvgIpc) is 2.38. The van der Waals surface area contributed by atoms with Gasteiger partial charge in [0.25, 0.3) is 0 Å². The van der Waals surface area contributed by atoms with Crippen LogP contribution in [0.3, 0.4) is 0 Å². The monoisotopic (exact) mass is 217 g/mol. The summed E-state index contributed by atoms with van der Waals surface area (Å²) in [6.07, 6.45) is 11.5. The lowest BCUT2D eigenvalue weighted by molar-refractivity contribution is 0.406. The third-order valence-corrected chi connectivity index (χ3v) is 4.15. The predicted molar refractivity (Wildman–Crippen MR) is 65.8 cm³/mol. The van der Waals surface area contributed by atoms with Gasteiger partial charge in [0.2, 0.25) is 0 Å². The molecule has 0 atom stereocenters. The summed E-state index contributed by atoms with van der Waals surface area (Å²) in [6.45, 7) is 2.23. The maximum Gasteiger partial charge on any atom is 0.332 e. The van der Waals surface area contributed by atoms with Crippen LogP contribution in [0.4, 0.5) is 0 Å². The van der Waals surface area contributed by atoms with Gasteiger partial charge >= 0.3 is 11.5 Å². The summed E-state index contributed by atoms with van der Waals surface area (Å²) in [6, 6.07) is 0. The minimum atomic E-state index is 1.07. The van der Waals surface area contributed by atoms with Crippen molar-refractivity contribution in [2.24, 2.45) is 0 Å². The summed E-state index contributed by atoms with van der Waals surface area (Å²) in [7, 11) is 0. The SMILES string of the molecule is CCc1[o+]c2c(c3c1CCCC3)CCCC2. The van der Waals surface area contributed by atoms with Gasteiger partial charge < -0.3 is 0 Å². The van der Waals surface area contributed by atoms with Crippen molar-refractivity contribution in [3.05, 3.63) is 28.2 Å². The van der Waals surface area contributed by atoms with Gasteiger partial charge in [0.05, 0.1) is 24.0 Å². The normalized spacial score (nSPS) is 19.1. The summed E-state index contributed by atoms with van der Waals surface area (Å²) >= 11 is 0. The quantitative estimate of drug-likeness (QED) is 0.650. The maximum atomic E-state index is 6.15. The number of rotatable bonds is 1. The number of hydrogen-bond acceptors (Lipinski definition) is 0. The van der Waals surface area contributed by atoms with Gasteiger partial charge in [-0.15, -0.1) is 0 Å². The Morgan fingerprint density at radius 1 is 0.812 bits per heavy atom. The highest BCUT2D eigenvalue weighted by Crippen LogP contribution is 2.34. The van der Waals surface area contributed by atoms with E-state index in [-0.39, 0.29) is 0 Å². The van der Waals surface area contributed by atoms with Crippen molar-refractivity contribution in [2.45, 2.75) is 64.7 Å². The van der Waals surface area contributed by atoms with Crippen LogP contribution in [0.15, 0.2) is 4.42 Å². The second-order valence-corrected chi connectivity index (χ2v) is 5.15. The summed E-state index contributed by atoms with van der Waals surface area (Å²) in [5.74, 6) is 2.61. The first-order valence-electron chi connectivity index (χ1n) is 6.88. The molecule has 1 heterocycles. The van der Waals surface area contributed by atoms with Crippen LogP contribution in [-0.4, -0.2) is 0 Å². The minimum Gasteiger partial charge on any atom is -0.217 e. The predicted octanol–water partition coefficient (Wildman–Crippen LogP) is 3.88. The van der Waals surface area contributed by atoms with Crippen molar-refractivity contribution in [3.63, 3.8) is 0 Å². The molecule has 16 heavy (non-hydrogen) atoms. The van der Waals surface area contributed by atoms with Crippen LogP contribution in [0.1, 0.15) is 60.8 Å². The lowest BCUT2D eigenvalue weighted by Gasteiger charge is -2.20. The standard InChI is InChI=1S/C15H21O/c1-2-14-12-8-4-3-7-11(12)13-9-5-6-10-15(13)16-14/h2-10H2,1H3/q+1. The first-order valence-corrected chi connectivity index (χ1v) is 6.88. The zero-order chi connectivity index (χ0) is 11.0. The third-order valence-electron chi connectivity index (χ3n) is 4.15. The second-order valence-electron chi connectivity index (χ2n) is 5.15. The van der Waals surface area contributed by atoms with E-state index >= 15 is 0 Å². The molecule has 0 amide bonds. The number of hydrogen-bond donors (Lipinski definition) is 0. The summed E-state index contributed by atoms with van der Waals surface area (Å²) in [4.78, 5) is 0. The van der Waals surface area contributed by atoms with Crippen LogP contribution in [-0.2, 0) is 32.1 Å². The Morgan fingerprint density at radius 2 is 1.44 bits per heavy atom. The van der Waals surface area contributed by atoms with Gasteiger partial charge in [0.1, 0.15) is 0 Å². The molecule has 0 bridgehead atoms. The van der Waals surface area contributed by atoms with Gasteiger partial charge in [-0.3, -0.25) is 0 Å². The lowest BCUT2D eigenvalue weighted by Crippen LogP contribution is -2.15. The lowest BCUT2D eigenvalue weighted by atomic mass is 9.83. The number of aryl methyl sites for hydroxylation is 2. The molecule has 0 fully saturated rings. The van der Waals surface area contributed by atoms with Gasteiger partial charge in [-0.25, -0.2) is 4.42 Å². The van der Waals surface area contributed by atoms with Crippen molar-refractivity contribution in [3.8, 4) is 0 Å². The molecular formula is C15H21O+. The van der Waals surface area contributed by atoms with E-state index in [2.05, 4.69) is 6.92 Å². The van der Waals surface area contributed by atoms with Crippen molar-refractivity contribution >= 4 is 0 Å². The molecule has 0 radical (unpaired) electrons. The molecule has 3 rings (SSSR count). The topological polar surface area (TPSA) is 11.3 Å². The van der Waals surface area contributed by atoms with Crippen LogP contribution in [0, 0.1) is 0 Å². The van der Waals surface area contributed by atoms with E-state index in [4.69, 9.17) is 4.42 Å². The van der Waals surface area contributed by atoms with Gasteiger partial charge in [-0.05, 0) is 50.5 Å².